The van der Waals surface area contributed by atoms with E-state index in [4.69, 9.17) is 0 Å². The lowest BCUT2D eigenvalue weighted by molar-refractivity contribution is -0.144. The molecule has 1 fully saturated rings. The van der Waals surface area contributed by atoms with Crippen molar-refractivity contribution in [3.05, 3.63) is 29.6 Å². The summed E-state index contributed by atoms with van der Waals surface area (Å²) < 4.78 is 49.7. The second-order valence-corrected chi connectivity index (χ2v) is 7.98. The number of esters is 2. The molecule has 1 saturated heterocycles. The number of rotatable bonds is 7. The third-order valence-electron chi connectivity index (χ3n) is 4.24. The Morgan fingerprint density at radius 1 is 1.07 bits per heavy atom. The quantitative estimate of drug-likeness (QED) is 0.592. The molecule has 9 nitrogen and oxygen atoms in total. The van der Waals surface area contributed by atoms with Crippen LogP contribution in [-0.2, 0) is 29.1 Å². The van der Waals surface area contributed by atoms with Crippen LogP contribution in [-0.4, -0.2) is 75.9 Å². The van der Waals surface area contributed by atoms with Gasteiger partial charge in [0.1, 0.15) is 23.8 Å². The lowest BCUT2D eigenvalue weighted by atomic mass is 10.2. The summed E-state index contributed by atoms with van der Waals surface area (Å²) in [5.74, 6) is -3.40. The smallest absolute Gasteiger partial charge is 0.325 e. The average molecular weight is 416 g/mol. The second kappa shape index (κ2) is 9.11. The molecule has 1 aromatic rings. The van der Waals surface area contributed by atoms with Crippen LogP contribution < -0.4 is 0 Å². The van der Waals surface area contributed by atoms with Crippen LogP contribution in [0.15, 0.2) is 23.1 Å². The van der Waals surface area contributed by atoms with Crippen LogP contribution in [0.1, 0.15) is 23.2 Å². The highest BCUT2D eigenvalue weighted by atomic mass is 32.2. The third-order valence-corrected chi connectivity index (χ3v) is 6.16. The fraction of sp³-hybridized carbons (Fsp3) is 0.471. The van der Waals surface area contributed by atoms with Crippen molar-refractivity contribution in [3.63, 3.8) is 0 Å². The molecule has 2 rings (SSSR count). The summed E-state index contributed by atoms with van der Waals surface area (Å²) in [7, 11) is -1.88. The molecule has 0 aliphatic carbocycles. The van der Waals surface area contributed by atoms with Gasteiger partial charge < -0.3 is 14.4 Å². The molecule has 0 unspecified atom stereocenters. The number of carbonyl (C=O) groups excluding carboxylic acids is 3. The molecule has 0 bridgehead atoms. The molecule has 0 N–H and O–H groups in total. The molecule has 11 heteroatoms. The van der Waals surface area contributed by atoms with Crippen molar-refractivity contribution < 1.29 is 36.7 Å². The molecular weight excluding hydrogens is 395 g/mol. The van der Waals surface area contributed by atoms with Crippen LogP contribution in [0.25, 0.3) is 0 Å². The van der Waals surface area contributed by atoms with Crippen LogP contribution in [0.5, 0.6) is 0 Å². The Labute approximate surface area is 162 Å². The molecule has 0 radical (unpaired) electrons. The fourth-order valence-electron chi connectivity index (χ4n) is 2.72. The highest BCUT2D eigenvalue weighted by molar-refractivity contribution is 7.89. The fourth-order valence-corrected chi connectivity index (χ4v) is 4.33. The lowest BCUT2D eigenvalue weighted by Gasteiger charge is -2.21. The minimum Gasteiger partial charge on any atom is -0.468 e. The SMILES string of the molecule is COC(=O)CN(CC(=O)OC)C(=O)c1ccc(F)c(S(=O)(=O)N2CCCC2)c1. The average Bonchev–Trinajstić information content (AvgIpc) is 3.22. The number of hydrogen-bond donors (Lipinski definition) is 0. The van der Waals surface area contributed by atoms with Gasteiger partial charge in [-0.3, -0.25) is 14.4 Å². The number of hydrogen-bond acceptors (Lipinski definition) is 7. The van der Waals surface area contributed by atoms with E-state index in [9.17, 15) is 27.2 Å². The zero-order chi connectivity index (χ0) is 20.9. The van der Waals surface area contributed by atoms with Crippen LogP contribution >= 0.6 is 0 Å². The number of benzene rings is 1. The van der Waals surface area contributed by atoms with Gasteiger partial charge in [-0.2, -0.15) is 4.31 Å². The van der Waals surface area contributed by atoms with E-state index in [0.29, 0.717) is 12.8 Å². The molecule has 0 spiro atoms. The van der Waals surface area contributed by atoms with E-state index in [1.807, 2.05) is 0 Å². The first-order valence-corrected chi connectivity index (χ1v) is 9.87. The van der Waals surface area contributed by atoms with Gasteiger partial charge in [0.25, 0.3) is 5.91 Å². The second-order valence-electron chi connectivity index (χ2n) is 6.07. The van der Waals surface area contributed by atoms with Crippen LogP contribution in [0, 0.1) is 5.82 Å². The van der Waals surface area contributed by atoms with Crippen molar-refractivity contribution >= 4 is 27.9 Å². The first-order chi connectivity index (χ1) is 13.2. The molecule has 1 aliphatic heterocycles. The number of nitrogens with zero attached hydrogens (tertiary/aromatic N) is 2. The Bertz CT molecular complexity index is 848. The highest BCUT2D eigenvalue weighted by Gasteiger charge is 2.31. The Kier molecular flexibility index (Phi) is 7.08. The molecule has 1 amide bonds. The van der Waals surface area contributed by atoms with Gasteiger partial charge in [-0.25, -0.2) is 12.8 Å². The maximum Gasteiger partial charge on any atom is 0.325 e. The molecule has 0 atom stereocenters. The van der Waals surface area contributed by atoms with E-state index in [0.717, 1.165) is 41.6 Å². The molecule has 1 heterocycles. The van der Waals surface area contributed by atoms with Gasteiger partial charge in [-0.15, -0.1) is 0 Å². The van der Waals surface area contributed by atoms with Crippen LogP contribution in [0.4, 0.5) is 4.39 Å². The van der Waals surface area contributed by atoms with Gasteiger partial charge in [0, 0.05) is 18.7 Å². The number of methoxy groups -OCH3 is 2. The minimum absolute atomic E-state index is 0.188. The molecular formula is C17H21FN2O7S. The monoisotopic (exact) mass is 416 g/mol. The van der Waals surface area contributed by atoms with E-state index in [2.05, 4.69) is 9.47 Å². The molecule has 28 heavy (non-hydrogen) atoms. The Balaban J connectivity index is 2.37. The number of sulfonamides is 1. The largest absolute Gasteiger partial charge is 0.468 e. The van der Waals surface area contributed by atoms with E-state index >= 15 is 0 Å². The van der Waals surface area contributed by atoms with Gasteiger partial charge in [0.05, 0.1) is 14.2 Å². The van der Waals surface area contributed by atoms with Crippen molar-refractivity contribution in [3.8, 4) is 0 Å². The maximum absolute atomic E-state index is 14.2. The van der Waals surface area contributed by atoms with Crippen molar-refractivity contribution in [2.75, 3.05) is 40.4 Å². The standard InChI is InChI=1S/C17H21FN2O7S/c1-26-15(21)10-19(11-16(22)27-2)17(23)12-5-6-13(18)14(9-12)28(24,25)20-7-3-4-8-20/h5-6,9H,3-4,7-8,10-11H2,1-2H3. The van der Waals surface area contributed by atoms with E-state index < -0.39 is 51.7 Å². The van der Waals surface area contributed by atoms with Gasteiger partial charge in [-0.05, 0) is 31.0 Å². The predicted octanol–water partition coefficient (Wildman–Crippen LogP) is 0.398. The molecule has 154 valence electrons. The van der Waals surface area contributed by atoms with Gasteiger partial charge in [0.2, 0.25) is 10.0 Å². The Morgan fingerprint density at radius 3 is 2.11 bits per heavy atom. The van der Waals surface area contributed by atoms with Gasteiger partial charge in [0.15, 0.2) is 0 Å². The number of carbonyl (C=O) groups is 3. The van der Waals surface area contributed by atoms with Crippen LogP contribution in [0.2, 0.25) is 0 Å². The van der Waals surface area contributed by atoms with Crippen molar-refractivity contribution in [1.29, 1.82) is 0 Å². The first-order valence-electron chi connectivity index (χ1n) is 8.43. The zero-order valence-electron chi connectivity index (χ0n) is 15.5. The third kappa shape index (κ3) is 4.84. The highest BCUT2D eigenvalue weighted by Crippen LogP contribution is 2.24. The van der Waals surface area contributed by atoms with E-state index in [-0.39, 0.29) is 18.7 Å². The zero-order valence-corrected chi connectivity index (χ0v) is 16.3. The number of amides is 1. The topological polar surface area (TPSA) is 110 Å². The Hall–Kier alpha value is -2.53. The summed E-state index contributed by atoms with van der Waals surface area (Å²) in [6, 6.07) is 2.86. The summed E-state index contributed by atoms with van der Waals surface area (Å²) in [6.45, 7) is -0.570. The van der Waals surface area contributed by atoms with Crippen molar-refractivity contribution in [2.24, 2.45) is 0 Å². The number of ether oxygens (including phenoxy) is 2. The van der Waals surface area contributed by atoms with Gasteiger partial charge >= 0.3 is 11.9 Å². The molecule has 1 aliphatic rings. The summed E-state index contributed by atoms with van der Waals surface area (Å²) in [6.07, 6.45) is 1.34. The summed E-state index contributed by atoms with van der Waals surface area (Å²) >= 11 is 0. The maximum atomic E-state index is 14.2. The van der Waals surface area contributed by atoms with E-state index in [1.165, 1.54) is 0 Å². The molecule has 0 aromatic heterocycles. The normalized spacial score (nSPS) is 14.5. The summed E-state index contributed by atoms with van der Waals surface area (Å²) in [4.78, 5) is 36.0. The number of halogens is 1. The first kappa shape index (κ1) is 21.8. The van der Waals surface area contributed by atoms with Crippen LogP contribution in [0.3, 0.4) is 0 Å². The minimum atomic E-state index is -4.10. The molecule has 1 aromatic carbocycles. The molecule has 0 saturated carbocycles. The summed E-state index contributed by atoms with van der Waals surface area (Å²) in [5.41, 5.74) is -0.188. The summed E-state index contributed by atoms with van der Waals surface area (Å²) in [5, 5.41) is 0. The van der Waals surface area contributed by atoms with Crippen molar-refractivity contribution in [1.82, 2.24) is 9.21 Å². The Morgan fingerprint density at radius 2 is 1.61 bits per heavy atom. The van der Waals surface area contributed by atoms with Crippen molar-refractivity contribution in [2.45, 2.75) is 17.7 Å². The van der Waals surface area contributed by atoms with Gasteiger partial charge in [-0.1, -0.05) is 0 Å². The van der Waals surface area contributed by atoms with E-state index in [1.54, 1.807) is 0 Å². The predicted molar refractivity (Wildman–Crippen MR) is 94.3 cm³/mol. The lowest BCUT2D eigenvalue weighted by Crippen LogP contribution is -2.40.